The number of hydrogen-bond donors (Lipinski definition) is 1. The van der Waals surface area contributed by atoms with Crippen LogP contribution in [0, 0.1) is 0 Å². The predicted molar refractivity (Wildman–Crippen MR) is 85.6 cm³/mol. The van der Waals surface area contributed by atoms with Crippen molar-refractivity contribution >= 4 is 0 Å². The summed E-state index contributed by atoms with van der Waals surface area (Å²) in [6.07, 6.45) is 2.53. The quantitative estimate of drug-likeness (QED) is 0.785. The Bertz CT molecular complexity index is 442. The molecule has 1 aromatic carbocycles. The second-order valence-corrected chi connectivity index (χ2v) is 6.20. The van der Waals surface area contributed by atoms with Crippen LogP contribution in [0.25, 0.3) is 0 Å². The molecular formula is C17H28N2O2. The van der Waals surface area contributed by atoms with E-state index >= 15 is 0 Å². The molecule has 2 rings (SSSR count). The molecule has 1 saturated heterocycles. The summed E-state index contributed by atoms with van der Waals surface area (Å²) in [7, 11) is 1.68. The van der Waals surface area contributed by atoms with E-state index in [0.717, 1.165) is 24.4 Å². The third-order valence-electron chi connectivity index (χ3n) is 4.48. The molecule has 1 aliphatic rings. The molecule has 0 saturated carbocycles. The molecule has 0 aliphatic carbocycles. The Morgan fingerprint density at radius 1 is 1.19 bits per heavy atom. The van der Waals surface area contributed by atoms with Crippen molar-refractivity contribution in [2.75, 3.05) is 33.4 Å². The van der Waals surface area contributed by atoms with E-state index in [4.69, 9.17) is 15.2 Å². The van der Waals surface area contributed by atoms with E-state index in [-0.39, 0.29) is 11.6 Å². The lowest BCUT2D eigenvalue weighted by Gasteiger charge is -2.41. The molecule has 0 radical (unpaired) electrons. The lowest BCUT2D eigenvalue weighted by atomic mass is 9.87. The monoisotopic (exact) mass is 292 g/mol. The number of ether oxygens (including phenoxy) is 2. The van der Waals surface area contributed by atoms with Gasteiger partial charge in [0, 0.05) is 18.2 Å². The second-order valence-electron chi connectivity index (χ2n) is 6.20. The van der Waals surface area contributed by atoms with Gasteiger partial charge in [-0.1, -0.05) is 18.2 Å². The second kappa shape index (κ2) is 7.25. The van der Waals surface area contributed by atoms with Gasteiger partial charge in [-0.25, -0.2) is 0 Å². The lowest BCUT2D eigenvalue weighted by Crippen LogP contribution is -2.50. The molecule has 4 nitrogen and oxygen atoms in total. The fourth-order valence-electron chi connectivity index (χ4n) is 2.97. The Morgan fingerprint density at radius 3 is 2.52 bits per heavy atom. The van der Waals surface area contributed by atoms with Gasteiger partial charge < -0.3 is 15.2 Å². The van der Waals surface area contributed by atoms with Crippen LogP contribution in [0.15, 0.2) is 24.3 Å². The zero-order valence-electron chi connectivity index (χ0n) is 13.5. The van der Waals surface area contributed by atoms with Crippen molar-refractivity contribution in [3.8, 4) is 5.75 Å². The number of hydrogen-bond acceptors (Lipinski definition) is 4. The van der Waals surface area contributed by atoms with Crippen molar-refractivity contribution in [2.24, 2.45) is 5.73 Å². The first-order chi connectivity index (χ1) is 10.1. The lowest BCUT2D eigenvalue weighted by molar-refractivity contribution is 0.119. The fraction of sp³-hybridized carbons (Fsp3) is 0.647. The maximum absolute atomic E-state index is 6.60. The molecular weight excluding hydrogens is 264 g/mol. The summed E-state index contributed by atoms with van der Waals surface area (Å²) in [5.41, 5.74) is 7.61. The van der Waals surface area contributed by atoms with E-state index < -0.39 is 0 Å². The van der Waals surface area contributed by atoms with E-state index in [1.54, 1.807) is 7.11 Å². The molecule has 4 heteroatoms. The minimum absolute atomic E-state index is 0.0722. The van der Waals surface area contributed by atoms with Crippen LogP contribution >= 0.6 is 0 Å². The maximum Gasteiger partial charge on any atom is 0.124 e. The van der Waals surface area contributed by atoms with Crippen LogP contribution in [-0.2, 0) is 4.74 Å². The number of rotatable bonds is 7. The summed E-state index contributed by atoms with van der Waals surface area (Å²) >= 11 is 0. The van der Waals surface area contributed by atoms with E-state index in [1.165, 1.54) is 12.8 Å². The van der Waals surface area contributed by atoms with Crippen molar-refractivity contribution in [2.45, 2.75) is 38.3 Å². The van der Waals surface area contributed by atoms with Gasteiger partial charge in [-0.2, -0.15) is 0 Å². The van der Waals surface area contributed by atoms with Gasteiger partial charge in [0.15, 0.2) is 0 Å². The highest BCUT2D eigenvalue weighted by molar-refractivity contribution is 5.37. The summed E-state index contributed by atoms with van der Waals surface area (Å²) in [5.74, 6) is 0.870. The van der Waals surface area contributed by atoms with Crippen LogP contribution in [0.3, 0.4) is 0 Å². The summed E-state index contributed by atoms with van der Waals surface area (Å²) in [6.45, 7) is 7.86. The van der Waals surface area contributed by atoms with Crippen molar-refractivity contribution < 1.29 is 9.47 Å². The highest BCUT2D eigenvalue weighted by Gasteiger charge is 2.36. The van der Waals surface area contributed by atoms with Gasteiger partial charge in [-0.3, -0.25) is 4.90 Å². The van der Waals surface area contributed by atoms with Crippen LogP contribution < -0.4 is 10.5 Å². The van der Waals surface area contributed by atoms with Gasteiger partial charge in [-0.05, 0) is 45.8 Å². The molecule has 1 aromatic rings. The molecule has 0 aromatic heterocycles. The van der Waals surface area contributed by atoms with E-state index in [2.05, 4.69) is 24.8 Å². The Kier molecular flexibility index (Phi) is 5.62. The molecule has 1 fully saturated rings. The first-order valence-corrected chi connectivity index (χ1v) is 7.78. The fourth-order valence-corrected chi connectivity index (χ4v) is 2.97. The van der Waals surface area contributed by atoms with Crippen molar-refractivity contribution in [3.05, 3.63) is 29.8 Å². The number of likely N-dealkylation sites (tertiary alicyclic amines) is 1. The number of nitrogens with two attached hydrogens (primary N) is 1. The molecule has 1 unspecified atom stereocenters. The normalized spacial score (nSPS) is 17.9. The van der Waals surface area contributed by atoms with Gasteiger partial charge in [0.2, 0.25) is 0 Å². The van der Waals surface area contributed by atoms with Crippen LogP contribution in [-0.4, -0.2) is 43.9 Å². The minimum Gasteiger partial charge on any atom is -0.491 e. The van der Waals surface area contributed by atoms with Crippen LogP contribution in [0.5, 0.6) is 5.75 Å². The Balaban J connectivity index is 2.15. The topological polar surface area (TPSA) is 47.7 Å². The van der Waals surface area contributed by atoms with Gasteiger partial charge >= 0.3 is 0 Å². The summed E-state index contributed by atoms with van der Waals surface area (Å²) in [4.78, 5) is 2.49. The standard InChI is InChI=1S/C17H28N2O2/c1-17(2,19-10-6-7-11-19)16(18)14-8-4-5-9-15(14)21-13-12-20-3/h4-5,8-9,16H,6-7,10-13,18H2,1-3H3. The highest BCUT2D eigenvalue weighted by Crippen LogP contribution is 2.35. The van der Waals surface area contributed by atoms with Gasteiger partial charge in [0.05, 0.1) is 12.6 Å². The van der Waals surface area contributed by atoms with Crippen molar-refractivity contribution in [1.29, 1.82) is 0 Å². The van der Waals surface area contributed by atoms with Crippen LogP contribution in [0.1, 0.15) is 38.3 Å². The smallest absolute Gasteiger partial charge is 0.124 e. The summed E-state index contributed by atoms with van der Waals surface area (Å²) < 4.78 is 10.9. The maximum atomic E-state index is 6.60. The number of para-hydroxylation sites is 1. The average molecular weight is 292 g/mol. The van der Waals surface area contributed by atoms with E-state index in [9.17, 15) is 0 Å². The largest absolute Gasteiger partial charge is 0.491 e. The van der Waals surface area contributed by atoms with Crippen LogP contribution in [0.2, 0.25) is 0 Å². The summed E-state index contributed by atoms with van der Waals surface area (Å²) in [5, 5.41) is 0. The Morgan fingerprint density at radius 2 is 1.86 bits per heavy atom. The molecule has 1 heterocycles. The number of methoxy groups -OCH3 is 1. The molecule has 0 spiro atoms. The average Bonchev–Trinajstić information content (AvgIpc) is 3.02. The zero-order valence-corrected chi connectivity index (χ0v) is 13.5. The van der Waals surface area contributed by atoms with E-state index in [0.29, 0.717) is 13.2 Å². The third kappa shape index (κ3) is 3.76. The molecule has 0 bridgehead atoms. The molecule has 1 aliphatic heterocycles. The Hall–Kier alpha value is -1.10. The van der Waals surface area contributed by atoms with Crippen molar-refractivity contribution in [3.63, 3.8) is 0 Å². The van der Waals surface area contributed by atoms with Crippen molar-refractivity contribution in [1.82, 2.24) is 4.90 Å². The Labute approximate surface area is 128 Å². The number of nitrogens with zero attached hydrogens (tertiary/aromatic N) is 1. The molecule has 0 amide bonds. The summed E-state index contributed by atoms with van der Waals surface area (Å²) in [6, 6.07) is 8.00. The van der Waals surface area contributed by atoms with E-state index in [1.807, 2.05) is 18.2 Å². The molecule has 2 N–H and O–H groups in total. The number of benzene rings is 1. The van der Waals surface area contributed by atoms with Crippen LogP contribution in [0.4, 0.5) is 0 Å². The molecule has 1 atom stereocenters. The first kappa shape index (κ1) is 16.3. The predicted octanol–water partition coefficient (Wildman–Crippen LogP) is 2.59. The van der Waals surface area contributed by atoms with Gasteiger partial charge in [0.1, 0.15) is 12.4 Å². The highest BCUT2D eigenvalue weighted by atomic mass is 16.5. The molecule has 118 valence electrons. The minimum atomic E-state index is -0.0747. The first-order valence-electron chi connectivity index (χ1n) is 7.78. The van der Waals surface area contributed by atoms with Gasteiger partial charge in [-0.15, -0.1) is 0 Å². The molecule has 21 heavy (non-hydrogen) atoms. The van der Waals surface area contributed by atoms with Gasteiger partial charge in [0.25, 0.3) is 0 Å². The third-order valence-corrected chi connectivity index (χ3v) is 4.48. The SMILES string of the molecule is COCCOc1ccccc1C(N)C(C)(C)N1CCCC1. The zero-order chi connectivity index (χ0) is 15.3.